The molecule has 0 amide bonds. The molecule has 0 aromatic heterocycles. The van der Waals surface area contributed by atoms with E-state index in [0.717, 1.165) is 12.1 Å². The molecule has 0 bridgehead atoms. The molecule has 14 heavy (non-hydrogen) atoms. The number of rotatable bonds is 3. The molecule has 7 heteroatoms. The van der Waals surface area contributed by atoms with Crippen molar-refractivity contribution in [2.45, 2.75) is 4.90 Å². The summed E-state index contributed by atoms with van der Waals surface area (Å²) in [6.07, 6.45) is 0. The van der Waals surface area contributed by atoms with Crippen LogP contribution in [0.2, 0.25) is 0 Å². The lowest BCUT2D eigenvalue weighted by Gasteiger charge is -2.07. The lowest BCUT2D eigenvalue weighted by molar-refractivity contribution is 0.422. The number of alkyl halides is 1. The second kappa shape index (κ2) is 4.72. The average Bonchev–Trinajstić information content (AvgIpc) is 2.13. The van der Waals surface area contributed by atoms with Gasteiger partial charge in [-0.1, -0.05) is 17.8 Å². The van der Waals surface area contributed by atoms with Crippen molar-refractivity contribution in [3.05, 3.63) is 23.8 Å². The molecule has 0 unspecified atom stereocenters. The molecule has 0 aliphatic heterocycles. The summed E-state index contributed by atoms with van der Waals surface area (Å²) < 4.78 is 37.6. The Morgan fingerprint density at radius 3 is 2.43 bits per heavy atom. The first-order valence-electron chi connectivity index (χ1n) is 3.60. The monoisotopic (exact) mass is 222 g/mol. The minimum atomic E-state index is -1.95. The predicted molar refractivity (Wildman–Crippen MR) is 48.0 cm³/mol. The van der Waals surface area contributed by atoms with Gasteiger partial charge in [-0.05, 0) is 11.5 Å². The second-order valence-corrected chi connectivity index (χ2v) is 3.32. The van der Waals surface area contributed by atoms with Crippen LogP contribution in [-0.4, -0.2) is 23.2 Å². The minimum absolute atomic E-state index is 0.244. The van der Waals surface area contributed by atoms with Crippen molar-refractivity contribution in [2.75, 3.05) is 6.01 Å². The number of thioether (sulfide) groups is 1. The summed E-state index contributed by atoms with van der Waals surface area (Å²) in [6, 6.07) is 0.785. The summed E-state index contributed by atoms with van der Waals surface area (Å²) in [5.74, 6) is -2.41. The fourth-order valence-electron chi connectivity index (χ4n) is 0.952. The molecule has 0 radical (unpaired) electrons. The van der Waals surface area contributed by atoms with Crippen molar-refractivity contribution in [2.24, 2.45) is 0 Å². The highest BCUT2D eigenvalue weighted by Crippen LogP contribution is 2.22. The van der Waals surface area contributed by atoms with Gasteiger partial charge in [0.25, 0.3) is 0 Å². The fraction of sp³-hybridized carbons (Fsp3) is 0.143. The number of hydrogen-bond acceptors (Lipinski definition) is 3. The highest BCUT2D eigenvalue weighted by Gasteiger charge is 2.21. The van der Waals surface area contributed by atoms with Crippen molar-refractivity contribution >= 4 is 24.3 Å². The van der Waals surface area contributed by atoms with E-state index in [1.165, 1.54) is 0 Å². The molecule has 0 aliphatic carbocycles. The average molecular weight is 222 g/mol. The van der Waals surface area contributed by atoms with Crippen LogP contribution in [0, 0.1) is 11.6 Å². The number of halogens is 3. The topological polar surface area (TPSA) is 40.5 Å². The van der Waals surface area contributed by atoms with Crippen molar-refractivity contribution < 1.29 is 23.2 Å². The van der Waals surface area contributed by atoms with Gasteiger partial charge >= 0.3 is 7.12 Å². The molecule has 0 heterocycles. The third-order valence-electron chi connectivity index (χ3n) is 1.56. The number of hydrogen-bond donors (Lipinski definition) is 2. The molecule has 1 aromatic carbocycles. The molecule has 1 aromatic rings. The van der Waals surface area contributed by atoms with Gasteiger partial charge in [0.2, 0.25) is 0 Å². The lowest BCUT2D eigenvalue weighted by atomic mass is 9.80. The van der Waals surface area contributed by atoms with Crippen LogP contribution in [0.1, 0.15) is 0 Å². The molecule has 0 aliphatic rings. The molecule has 0 saturated carbocycles. The molecule has 0 atom stereocenters. The standard InChI is InChI=1S/C7H6BF3O2S/c9-3-14-7-4(8(12)13)1-2-5(10)6(7)11/h1-2,12-13H,3H2. The Morgan fingerprint density at radius 2 is 1.93 bits per heavy atom. The lowest BCUT2D eigenvalue weighted by Crippen LogP contribution is -2.32. The highest BCUT2D eigenvalue weighted by molar-refractivity contribution is 7.99. The first-order chi connectivity index (χ1) is 6.57. The van der Waals surface area contributed by atoms with Crippen molar-refractivity contribution in [3.8, 4) is 0 Å². The zero-order valence-electron chi connectivity index (χ0n) is 6.88. The van der Waals surface area contributed by atoms with Gasteiger partial charge in [-0.3, -0.25) is 0 Å². The van der Waals surface area contributed by atoms with Gasteiger partial charge in [0.1, 0.15) is 6.01 Å². The van der Waals surface area contributed by atoms with Gasteiger partial charge in [-0.15, -0.1) is 0 Å². The van der Waals surface area contributed by atoms with Gasteiger partial charge in [0, 0.05) is 4.90 Å². The second-order valence-electron chi connectivity index (χ2n) is 2.41. The smallest absolute Gasteiger partial charge is 0.423 e. The molecule has 2 nitrogen and oxygen atoms in total. The maximum absolute atomic E-state index is 13.0. The normalized spacial score (nSPS) is 10.4. The van der Waals surface area contributed by atoms with Crippen molar-refractivity contribution in [1.29, 1.82) is 0 Å². The minimum Gasteiger partial charge on any atom is -0.423 e. The van der Waals surface area contributed by atoms with Gasteiger partial charge < -0.3 is 10.0 Å². The van der Waals surface area contributed by atoms with Crippen LogP contribution in [0.5, 0.6) is 0 Å². The Kier molecular flexibility index (Phi) is 3.85. The van der Waals surface area contributed by atoms with Crippen LogP contribution in [0.25, 0.3) is 0 Å². The summed E-state index contributed by atoms with van der Waals surface area (Å²) >= 11 is 0.369. The van der Waals surface area contributed by atoms with E-state index < -0.39 is 29.7 Å². The van der Waals surface area contributed by atoms with Crippen LogP contribution >= 0.6 is 11.8 Å². The van der Waals surface area contributed by atoms with E-state index in [-0.39, 0.29) is 5.46 Å². The van der Waals surface area contributed by atoms with E-state index in [4.69, 9.17) is 10.0 Å². The highest BCUT2D eigenvalue weighted by atomic mass is 32.2. The summed E-state index contributed by atoms with van der Waals surface area (Å²) in [4.78, 5) is -0.414. The van der Waals surface area contributed by atoms with Crippen LogP contribution in [0.3, 0.4) is 0 Å². The van der Waals surface area contributed by atoms with Gasteiger partial charge in [0.15, 0.2) is 11.6 Å². The van der Waals surface area contributed by atoms with Gasteiger partial charge in [-0.25, -0.2) is 13.2 Å². The Hall–Kier alpha value is -0.655. The van der Waals surface area contributed by atoms with Crippen LogP contribution < -0.4 is 5.46 Å². The molecule has 0 fully saturated rings. The molecule has 1 rings (SSSR count). The SMILES string of the molecule is OB(O)c1ccc(F)c(F)c1SCF. The Bertz CT molecular complexity index is 335. The van der Waals surface area contributed by atoms with E-state index in [1.54, 1.807) is 0 Å². The third kappa shape index (κ3) is 2.23. The van der Waals surface area contributed by atoms with E-state index in [9.17, 15) is 13.2 Å². The van der Waals surface area contributed by atoms with Crippen LogP contribution in [0.15, 0.2) is 17.0 Å². The summed E-state index contributed by atoms with van der Waals surface area (Å²) in [5.41, 5.74) is -0.244. The Balaban J connectivity index is 3.22. The van der Waals surface area contributed by atoms with E-state index >= 15 is 0 Å². The molecule has 0 spiro atoms. The molecular formula is C7H6BF3O2S. The maximum atomic E-state index is 13.0. The first-order valence-corrected chi connectivity index (χ1v) is 4.59. The predicted octanol–water partition coefficient (Wildman–Crippen LogP) is 0.664. The maximum Gasteiger partial charge on any atom is 0.489 e. The summed E-state index contributed by atoms with van der Waals surface area (Å²) in [5, 5.41) is 17.6. The Labute approximate surface area is 82.9 Å². The molecule has 76 valence electrons. The first kappa shape index (κ1) is 11.4. The fourth-order valence-corrected chi connectivity index (χ4v) is 1.62. The van der Waals surface area contributed by atoms with Gasteiger partial charge in [0.05, 0.1) is 0 Å². The van der Waals surface area contributed by atoms with E-state index in [2.05, 4.69) is 0 Å². The molecule has 2 N–H and O–H groups in total. The Morgan fingerprint density at radius 1 is 1.29 bits per heavy atom. The van der Waals surface area contributed by atoms with Crippen molar-refractivity contribution in [1.82, 2.24) is 0 Å². The zero-order chi connectivity index (χ0) is 10.7. The number of benzene rings is 1. The molecule has 0 saturated heterocycles. The largest absolute Gasteiger partial charge is 0.489 e. The third-order valence-corrected chi connectivity index (χ3v) is 2.37. The summed E-state index contributed by atoms with van der Waals surface area (Å²) in [6.45, 7) is 0. The van der Waals surface area contributed by atoms with E-state index in [0.29, 0.717) is 11.8 Å². The van der Waals surface area contributed by atoms with Crippen LogP contribution in [0.4, 0.5) is 13.2 Å². The molecular weight excluding hydrogens is 216 g/mol. The van der Waals surface area contributed by atoms with Gasteiger partial charge in [-0.2, -0.15) is 0 Å². The van der Waals surface area contributed by atoms with Crippen molar-refractivity contribution in [3.63, 3.8) is 0 Å². The van der Waals surface area contributed by atoms with E-state index in [1.807, 2.05) is 0 Å². The zero-order valence-corrected chi connectivity index (χ0v) is 7.69. The van der Waals surface area contributed by atoms with Crippen LogP contribution in [-0.2, 0) is 0 Å². The quantitative estimate of drug-likeness (QED) is 0.583. The summed E-state index contributed by atoms with van der Waals surface area (Å²) in [7, 11) is -1.95.